The number of rotatable bonds is 4. The topological polar surface area (TPSA) is 75.4 Å². The Balaban J connectivity index is 1.53. The number of nitrogens with zero attached hydrogens (tertiary/aromatic N) is 5. The van der Waals surface area contributed by atoms with Crippen molar-refractivity contribution in [3.63, 3.8) is 0 Å². The molecule has 1 aromatic carbocycles. The molecule has 128 valence electrons. The van der Waals surface area contributed by atoms with Gasteiger partial charge in [-0.05, 0) is 38.0 Å². The van der Waals surface area contributed by atoms with Crippen molar-refractivity contribution in [1.82, 2.24) is 19.6 Å². The summed E-state index contributed by atoms with van der Waals surface area (Å²) in [5.74, 6) is 1.70. The summed E-state index contributed by atoms with van der Waals surface area (Å²) in [5, 5.41) is 7.68. The van der Waals surface area contributed by atoms with Crippen LogP contribution in [0.3, 0.4) is 0 Å². The summed E-state index contributed by atoms with van der Waals surface area (Å²) in [4.78, 5) is 22.3. The van der Waals surface area contributed by atoms with Crippen LogP contribution in [0, 0.1) is 13.8 Å². The first-order chi connectivity index (χ1) is 12.1. The van der Waals surface area contributed by atoms with Gasteiger partial charge < -0.3 is 10.2 Å². The lowest BCUT2D eigenvalue weighted by Gasteiger charge is -2.16. The average molecular weight is 336 g/mol. The van der Waals surface area contributed by atoms with Gasteiger partial charge >= 0.3 is 0 Å². The predicted molar refractivity (Wildman–Crippen MR) is 95.6 cm³/mol. The fourth-order valence-corrected chi connectivity index (χ4v) is 3.14. The summed E-state index contributed by atoms with van der Waals surface area (Å²) in [7, 11) is 0. The van der Waals surface area contributed by atoms with E-state index < -0.39 is 0 Å². The average Bonchev–Trinajstić information content (AvgIpc) is 3.24. The fourth-order valence-electron chi connectivity index (χ4n) is 3.14. The maximum atomic E-state index is 11.8. The molecule has 3 heterocycles. The minimum Gasteiger partial charge on any atom is -0.366 e. The number of amides is 1. The van der Waals surface area contributed by atoms with E-state index in [0.29, 0.717) is 18.7 Å². The molecule has 1 N–H and O–H groups in total. The molecular weight excluding hydrogens is 316 g/mol. The molecule has 3 aromatic rings. The molecule has 0 unspecified atom stereocenters. The highest BCUT2D eigenvalue weighted by molar-refractivity contribution is 5.95. The smallest absolute Gasteiger partial charge is 0.254 e. The highest BCUT2D eigenvalue weighted by Gasteiger charge is 2.21. The molecule has 0 aliphatic carbocycles. The number of carbonyl (C=O) groups is 1. The zero-order chi connectivity index (χ0) is 17.4. The van der Waals surface area contributed by atoms with Crippen LogP contribution in [0.4, 0.5) is 11.5 Å². The van der Waals surface area contributed by atoms with Crippen molar-refractivity contribution in [2.24, 2.45) is 0 Å². The summed E-state index contributed by atoms with van der Waals surface area (Å²) >= 11 is 0. The van der Waals surface area contributed by atoms with Crippen LogP contribution in [-0.2, 0) is 11.3 Å². The predicted octanol–water partition coefficient (Wildman–Crippen LogP) is 2.48. The Bertz CT molecular complexity index is 931. The van der Waals surface area contributed by atoms with Crippen LogP contribution in [0.1, 0.15) is 29.7 Å². The molecule has 0 spiro atoms. The van der Waals surface area contributed by atoms with Gasteiger partial charge in [-0.3, -0.25) is 4.79 Å². The van der Waals surface area contributed by atoms with Gasteiger partial charge in [0.2, 0.25) is 5.91 Å². The highest BCUT2D eigenvalue weighted by Crippen LogP contribution is 2.23. The Kier molecular flexibility index (Phi) is 3.83. The van der Waals surface area contributed by atoms with Gasteiger partial charge in [-0.1, -0.05) is 12.1 Å². The number of hydrogen-bond acceptors (Lipinski definition) is 5. The molecule has 2 aromatic heterocycles. The van der Waals surface area contributed by atoms with E-state index in [1.165, 1.54) is 6.33 Å². The maximum Gasteiger partial charge on any atom is 0.254 e. The Hall–Kier alpha value is -2.96. The summed E-state index contributed by atoms with van der Waals surface area (Å²) in [6, 6.07) is 8.12. The second kappa shape index (κ2) is 6.16. The second-order valence-corrected chi connectivity index (χ2v) is 6.31. The van der Waals surface area contributed by atoms with Crippen LogP contribution in [0.25, 0.3) is 5.78 Å². The molecule has 1 amide bonds. The molecule has 1 aliphatic rings. The number of fused-ring (bicyclic) bond motifs is 1. The van der Waals surface area contributed by atoms with Crippen LogP contribution in [0.15, 0.2) is 30.6 Å². The number of benzene rings is 1. The highest BCUT2D eigenvalue weighted by atomic mass is 16.2. The van der Waals surface area contributed by atoms with E-state index in [2.05, 4.69) is 32.5 Å². The lowest BCUT2D eigenvalue weighted by atomic mass is 10.2. The standard InChI is InChI=1S/C18H20N6O/c1-12-13(2)22-18-20-11-21-24(18)17(12)19-10-14-5-7-15(8-6-14)23-9-3-4-16(23)25/h5-8,11,19H,3-4,9-10H2,1-2H3. The second-order valence-electron chi connectivity index (χ2n) is 6.31. The third-order valence-corrected chi connectivity index (χ3v) is 4.69. The van der Waals surface area contributed by atoms with Crippen molar-refractivity contribution in [3.8, 4) is 0 Å². The number of anilines is 2. The third-order valence-electron chi connectivity index (χ3n) is 4.69. The van der Waals surface area contributed by atoms with Crippen molar-refractivity contribution in [1.29, 1.82) is 0 Å². The molecule has 0 radical (unpaired) electrons. The summed E-state index contributed by atoms with van der Waals surface area (Å²) in [5.41, 5.74) is 4.10. The van der Waals surface area contributed by atoms with Gasteiger partial charge in [0.05, 0.1) is 0 Å². The van der Waals surface area contributed by atoms with Gasteiger partial charge in [-0.15, -0.1) is 0 Å². The van der Waals surface area contributed by atoms with Gasteiger partial charge in [0, 0.05) is 36.5 Å². The van der Waals surface area contributed by atoms with Gasteiger partial charge in [0.25, 0.3) is 5.78 Å². The quantitative estimate of drug-likeness (QED) is 0.792. The number of aryl methyl sites for hydroxylation is 1. The molecule has 7 nitrogen and oxygen atoms in total. The molecule has 0 atom stereocenters. The van der Waals surface area contributed by atoms with E-state index in [9.17, 15) is 4.79 Å². The molecule has 1 fully saturated rings. The van der Waals surface area contributed by atoms with Crippen LogP contribution in [0.2, 0.25) is 0 Å². The first-order valence-electron chi connectivity index (χ1n) is 8.43. The van der Waals surface area contributed by atoms with E-state index in [0.717, 1.165) is 41.3 Å². The first kappa shape index (κ1) is 15.6. The van der Waals surface area contributed by atoms with E-state index in [1.54, 1.807) is 4.52 Å². The van der Waals surface area contributed by atoms with Gasteiger partial charge in [0.1, 0.15) is 12.1 Å². The third kappa shape index (κ3) is 2.82. The fraction of sp³-hybridized carbons (Fsp3) is 0.333. The van der Waals surface area contributed by atoms with Gasteiger partial charge in [-0.2, -0.15) is 14.6 Å². The van der Waals surface area contributed by atoms with Crippen molar-refractivity contribution in [2.45, 2.75) is 33.2 Å². The molecule has 0 saturated carbocycles. The van der Waals surface area contributed by atoms with Crippen molar-refractivity contribution in [3.05, 3.63) is 47.4 Å². The van der Waals surface area contributed by atoms with E-state index in [1.807, 2.05) is 30.9 Å². The lowest BCUT2D eigenvalue weighted by molar-refractivity contribution is -0.117. The molecule has 25 heavy (non-hydrogen) atoms. The van der Waals surface area contributed by atoms with E-state index >= 15 is 0 Å². The molecular formula is C18H20N6O. The minimum atomic E-state index is 0.210. The zero-order valence-electron chi connectivity index (χ0n) is 14.4. The maximum absolute atomic E-state index is 11.8. The number of carbonyl (C=O) groups excluding carboxylic acids is 1. The summed E-state index contributed by atoms with van der Waals surface area (Å²) in [6.07, 6.45) is 3.10. The Morgan fingerprint density at radius 3 is 2.72 bits per heavy atom. The van der Waals surface area contributed by atoms with E-state index in [4.69, 9.17) is 0 Å². The Morgan fingerprint density at radius 2 is 2.00 bits per heavy atom. The molecule has 4 rings (SSSR count). The van der Waals surface area contributed by atoms with Crippen LogP contribution in [-0.4, -0.2) is 32.0 Å². The summed E-state index contributed by atoms with van der Waals surface area (Å²) < 4.78 is 1.72. The molecule has 0 bridgehead atoms. The van der Waals surface area contributed by atoms with Gasteiger partial charge in [0.15, 0.2) is 0 Å². The molecule has 1 saturated heterocycles. The van der Waals surface area contributed by atoms with Gasteiger partial charge in [-0.25, -0.2) is 4.98 Å². The van der Waals surface area contributed by atoms with Crippen LogP contribution < -0.4 is 10.2 Å². The molecule has 7 heteroatoms. The normalized spacial score (nSPS) is 14.5. The zero-order valence-corrected chi connectivity index (χ0v) is 14.4. The van der Waals surface area contributed by atoms with Crippen molar-refractivity contribution in [2.75, 3.05) is 16.8 Å². The Labute approximate surface area is 145 Å². The minimum absolute atomic E-state index is 0.210. The van der Waals surface area contributed by atoms with Crippen molar-refractivity contribution < 1.29 is 4.79 Å². The lowest BCUT2D eigenvalue weighted by Crippen LogP contribution is -2.23. The summed E-state index contributed by atoms with van der Waals surface area (Å²) in [6.45, 7) is 5.47. The Morgan fingerprint density at radius 1 is 1.20 bits per heavy atom. The van der Waals surface area contributed by atoms with Crippen molar-refractivity contribution >= 4 is 23.2 Å². The monoisotopic (exact) mass is 336 g/mol. The van der Waals surface area contributed by atoms with Crippen LogP contribution >= 0.6 is 0 Å². The number of nitrogens with one attached hydrogen (secondary N) is 1. The number of hydrogen-bond donors (Lipinski definition) is 1. The molecule has 1 aliphatic heterocycles. The largest absolute Gasteiger partial charge is 0.366 e. The number of aromatic nitrogens is 4. The first-order valence-corrected chi connectivity index (χ1v) is 8.43. The SMILES string of the molecule is Cc1nc2ncnn2c(NCc2ccc(N3CCCC3=O)cc2)c1C. The van der Waals surface area contributed by atoms with E-state index in [-0.39, 0.29) is 5.91 Å². The van der Waals surface area contributed by atoms with Crippen LogP contribution in [0.5, 0.6) is 0 Å².